The van der Waals surface area contributed by atoms with E-state index in [-0.39, 0.29) is 11.9 Å². The Kier molecular flexibility index (Phi) is 3.45. The maximum absolute atomic E-state index is 11.2. The Hall–Kier alpha value is -1.36. The largest absolute Gasteiger partial charge is 0.364 e. The van der Waals surface area contributed by atoms with E-state index in [9.17, 15) is 4.79 Å². The number of nitrogens with one attached hydrogen (secondary N) is 2. The molecule has 0 saturated carbocycles. The second-order valence-corrected chi connectivity index (χ2v) is 2.72. The molecule has 1 unspecified atom stereocenters. The highest BCUT2D eigenvalue weighted by atomic mass is 16.5. The number of carbonyl (C=O) groups excluding carboxylic acids is 1. The fourth-order valence-electron chi connectivity index (χ4n) is 0.791. The predicted octanol–water partition coefficient (Wildman–Crippen LogP) is -0.101. The van der Waals surface area contributed by atoms with Crippen molar-refractivity contribution in [3.8, 4) is 0 Å². The molecule has 0 spiro atoms. The van der Waals surface area contributed by atoms with Crippen molar-refractivity contribution in [3.05, 3.63) is 18.0 Å². The molecule has 0 saturated heterocycles. The van der Waals surface area contributed by atoms with Crippen LogP contribution in [0.2, 0.25) is 0 Å². The fourth-order valence-corrected chi connectivity index (χ4v) is 0.791. The van der Waals surface area contributed by atoms with E-state index in [0.29, 0.717) is 6.54 Å². The summed E-state index contributed by atoms with van der Waals surface area (Å²) in [5.74, 6) is -0.0505. The summed E-state index contributed by atoms with van der Waals surface area (Å²) < 4.78 is 4.62. The predicted molar refractivity (Wildman–Crippen MR) is 46.9 cm³/mol. The number of carbonyl (C=O) groups is 1. The zero-order valence-corrected chi connectivity index (χ0v) is 7.70. The van der Waals surface area contributed by atoms with Gasteiger partial charge in [-0.25, -0.2) is 0 Å². The molecule has 1 heterocycles. The van der Waals surface area contributed by atoms with Gasteiger partial charge in [-0.3, -0.25) is 4.79 Å². The van der Waals surface area contributed by atoms with E-state index in [1.54, 1.807) is 20.0 Å². The van der Waals surface area contributed by atoms with Crippen molar-refractivity contribution in [2.45, 2.75) is 19.5 Å². The molecule has 0 bridgehead atoms. The van der Waals surface area contributed by atoms with Crippen molar-refractivity contribution in [2.24, 2.45) is 0 Å². The van der Waals surface area contributed by atoms with Gasteiger partial charge in [0.05, 0.1) is 12.6 Å². The lowest BCUT2D eigenvalue weighted by molar-refractivity contribution is -0.122. The first-order chi connectivity index (χ1) is 6.24. The van der Waals surface area contributed by atoms with Crippen LogP contribution in [0.3, 0.4) is 0 Å². The summed E-state index contributed by atoms with van der Waals surface area (Å²) in [6.45, 7) is 2.19. The molecule has 13 heavy (non-hydrogen) atoms. The number of aromatic nitrogens is 1. The third-order valence-corrected chi connectivity index (χ3v) is 1.76. The van der Waals surface area contributed by atoms with Gasteiger partial charge in [0.25, 0.3) is 0 Å². The fraction of sp³-hybridized carbons (Fsp3) is 0.500. The van der Waals surface area contributed by atoms with Crippen LogP contribution in [0.15, 0.2) is 16.9 Å². The summed E-state index contributed by atoms with van der Waals surface area (Å²) in [7, 11) is 1.74. The molecular weight excluding hydrogens is 170 g/mol. The second kappa shape index (κ2) is 4.61. The molecule has 72 valence electrons. The van der Waals surface area contributed by atoms with Crippen LogP contribution < -0.4 is 10.6 Å². The molecule has 5 heteroatoms. The summed E-state index contributed by atoms with van der Waals surface area (Å²) in [4.78, 5) is 11.2. The first-order valence-electron chi connectivity index (χ1n) is 4.08. The van der Waals surface area contributed by atoms with Crippen molar-refractivity contribution in [1.29, 1.82) is 0 Å². The molecule has 1 aromatic heterocycles. The Bertz CT molecular complexity index is 258. The van der Waals surface area contributed by atoms with Gasteiger partial charge in [0.2, 0.25) is 5.91 Å². The number of amides is 1. The Balaban J connectivity index is 2.31. The van der Waals surface area contributed by atoms with Crippen molar-refractivity contribution in [3.63, 3.8) is 0 Å². The van der Waals surface area contributed by atoms with Gasteiger partial charge in [0.1, 0.15) is 12.0 Å². The number of hydrogen-bond donors (Lipinski definition) is 2. The first-order valence-corrected chi connectivity index (χ1v) is 4.08. The standard InChI is InChI=1S/C8H13N3O2/c1-6(9-2)8(12)10-5-7-3-4-13-11-7/h3-4,6,9H,5H2,1-2H3,(H,10,12). The third kappa shape index (κ3) is 2.87. The lowest BCUT2D eigenvalue weighted by atomic mass is 10.3. The molecule has 5 nitrogen and oxygen atoms in total. The lowest BCUT2D eigenvalue weighted by Gasteiger charge is -2.09. The van der Waals surface area contributed by atoms with Crippen molar-refractivity contribution in [2.75, 3.05) is 7.05 Å². The van der Waals surface area contributed by atoms with E-state index in [1.807, 2.05) is 0 Å². The van der Waals surface area contributed by atoms with E-state index >= 15 is 0 Å². The quantitative estimate of drug-likeness (QED) is 0.684. The zero-order chi connectivity index (χ0) is 9.68. The van der Waals surface area contributed by atoms with Gasteiger partial charge in [0, 0.05) is 6.07 Å². The number of rotatable bonds is 4. The highest BCUT2D eigenvalue weighted by Crippen LogP contribution is 1.93. The minimum absolute atomic E-state index is 0.0505. The van der Waals surface area contributed by atoms with Crippen molar-refractivity contribution >= 4 is 5.91 Å². The van der Waals surface area contributed by atoms with Gasteiger partial charge in [-0.15, -0.1) is 0 Å². The Morgan fingerprint density at radius 1 is 1.77 bits per heavy atom. The molecular formula is C8H13N3O2. The molecule has 1 rings (SSSR count). The number of hydrogen-bond acceptors (Lipinski definition) is 4. The normalized spacial score (nSPS) is 12.5. The summed E-state index contributed by atoms with van der Waals surface area (Å²) in [6, 6.07) is 1.52. The van der Waals surface area contributed by atoms with Crippen LogP contribution in [0, 0.1) is 0 Å². The Morgan fingerprint density at radius 3 is 3.08 bits per heavy atom. The first kappa shape index (κ1) is 9.73. The molecule has 0 aliphatic carbocycles. The average Bonchev–Trinajstić information content (AvgIpc) is 2.65. The molecule has 1 aromatic rings. The highest BCUT2D eigenvalue weighted by Gasteiger charge is 2.09. The molecule has 0 radical (unpaired) electrons. The van der Waals surface area contributed by atoms with Crippen LogP contribution in [0.1, 0.15) is 12.6 Å². The molecule has 1 amide bonds. The van der Waals surface area contributed by atoms with E-state index in [4.69, 9.17) is 0 Å². The maximum atomic E-state index is 11.2. The van der Waals surface area contributed by atoms with E-state index in [0.717, 1.165) is 5.69 Å². The minimum atomic E-state index is -0.188. The van der Waals surface area contributed by atoms with Gasteiger partial charge in [-0.05, 0) is 14.0 Å². The SMILES string of the molecule is CNC(C)C(=O)NCc1ccon1. The van der Waals surface area contributed by atoms with Crippen molar-refractivity contribution < 1.29 is 9.32 Å². The van der Waals surface area contributed by atoms with Gasteiger partial charge in [-0.2, -0.15) is 0 Å². The topological polar surface area (TPSA) is 67.2 Å². The monoisotopic (exact) mass is 183 g/mol. The van der Waals surface area contributed by atoms with Crippen LogP contribution >= 0.6 is 0 Å². The highest BCUT2D eigenvalue weighted by molar-refractivity contribution is 5.81. The summed E-state index contributed by atoms with van der Waals surface area (Å²) in [6.07, 6.45) is 1.48. The summed E-state index contributed by atoms with van der Waals surface area (Å²) >= 11 is 0. The van der Waals surface area contributed by atoms with E-state index in [2.05, 4.69) is 20.3 Å². The maximum Gasteiger partial charge on any atom is 0.237 e. The smallest absolute Gasteiger partial charge is 0.237 e. The van der Waals surface area contributed by atoms with Crippen molar-refractivity contribution in [1.82, 2.24) is 15.8 Å². The summed E-state index contributed by atoms with van der Waals surface area (Å²) in [5.41, 5.74) is 0.719. The zero-order valence-electron chi connectivity index (χ0n) is 7.70. The van der Waals surface area contributed by atoms with Crippen LogP contribution in [0.4, 0.5) is 0 Å². The molecule has 0 aromatic carbocycles. The lowest BCUT2D eigenvalue weighted by Crippen LogP contribution is -2.40. The second-order valence-electron chi connectivity index (χ2n) is 2.72. The Labute approximate surface area is 76.5 Å². The number of nitrogens with zero attached hydrogens (tertiary/aromatic N) is 1. The molecule has 0 aliphatic heterocycles. The number of likely N-dealkylation sites (N-methyl/N-ethyl adjacent to an activating group) is 1. The van der Waals surface area contributed by atoms with Crippen LogP contribution in [0.25, 0.3) is 0 Å². The molecule has 1 atom stereocenters. The van der Waals surface area contributed by atoms with Crippen LogP contribution in [0.5, 0.6) is 0 Å². The van der Waals surface area contributed by atoms with Gasteiger partial charge < -0.3 is 15.2 Å². The average molecular weight is 183 g/mol. The molecule has 0 fully saturated rings. The van der Waals surface area contributed by atoms with Gasteiger partial charge >= 0.3 is 0 Å². The minimum Gasteiger partial charge on any atom is -0.364 e. The van der Waals surface area contributed by atoms with E-state index in [1.165, 1.54) is 6.26 Å². The van der Waals surface area contributed by atoms with E-state index < -0.39 is 0 Å². The third-order valence-electron chi connectivity index (χ3n) is 1.76. The van der Waals surface area contributed by atoms with Gasteiger partial charge in [-0.1, -0.05) is 5.16 Å². The Morgan fingerprint density at radius 2 is 2.54 bits per heavy atom. The van der Waals surface area contributed by atoms with Crippen LogP contribution in [-0.2, 0) is 11.3 Å². The molecule has 2 N–H and O–H groups in total. The van der Waals surface area contributed by atoms with Gasteiger partial charge in [0.15, 0.2) is 0 Å². The van der Waals surface area contributed by atoms with Crippen LogP contribution in [-0.4, -0.2) is 24.2 Å². The molecule has 0 aliphatic rings. The summed E-state index contributed by atoms with van der Waals surface area (Å²) in [5, 5.41) is 9.21.